The number of aliphatic hydroxyl groups excluding tert-OH is 1. The van der Waals surface area contributed by atoms with Crippen LogP contribution in [0.25, 0.3) is 11.1 Å². The average Bonchev–Trinajstić information content (AvgIpc) is 2.52. The number of halogens is 1. The molecule has 0 aliphatic heterocycles. The van der Waals surface area contributed by atoms with E-state index in [0.717, 1.165) is 31.2 Å². The van der Waals surface area contributed by atoms with Crippen molar-refractivity contribution in [2.75, 3.05) is 6.61 Å². The van der Waals surface area contributed by atoms with Gasteiger partial charge in [-0.25, -0.2) is 4.39 Å². The second-order valence-corrected chi connectivity index (χ2v) is 5.58. The summed E-state index contributed by atoms with van der Waals surface area (Å²) in [6.45, 7) is 2.50. The van der Waals surface area contributed by atoms with Gasteiger partial charge in [0.2, 0.25) is 0 Å². The number of benzene rings is 2. The minimum absolute atomic E-state index is 0.178. The van der Waals surface area contributed by atoms with Gasteiger partial charge in [-0.1, -0.05) is 62.2 Å². The van der Waals surface area contributed by atoms with Gasteiger partial charge in [0.15, 0.2) is 0 Å². The molecule has 0 saturated carbocycles. The van der Waals surface area contributed by atoms with E-state index >= 15 is 0 Å². The van der Waals surface area contributed by atoms with Crippen molar-refractivity contribution in [1.82, 2.24) is 0 Å². The molecule has 0 amide bonds. The fraction of sp³-hybridized carbons (Fsp3) is 0.368. The van der Waals surface area contributed by atoms with Crippen LogP contribution in [0, 0.1) is 5.82 Å². The molecular weight excluding hydrogens is 263 g/mol. The Morgan fingerprint density at radius 1 is 0.952 bits per heavy atom. The van der Waals surface area contributed by atoms with Crippen LogP contribution in [0.3, 0.4) is 0 Å². The summed E-state index contributed by atoms with van der Waals surface area (Å²) in [5.74, 6) is 0.320. The summed E-state index contributed by atoms with van der Waals surface area (Å²) in [5, 5.41) is 8.78. The first-order valence-electron chi connectivity index (χ1n) is 7.68. The van der Waals surface area contributed by atoms with Crippen LogP contribution in [0.5, 0.6) is 0 Å². The molecule has 21 heavy (non-hydrogen) atoms. The lowest BCUT2D eigenvalue weighted by Crippen LogP contribution is -1.95. The van der Waals surface area contributed by atoms with Gasteiger partial charge in [-0.2, -0.15) is 0 Å². The van der Waals surface area contributed by atoms with Gasteiger partial charge in [-0.05, 0) is 36.0 Å². The summed E-state index contributed by atoms with van der Waals surface area (Å²) in [6.07, 6.45) is 4.23. The quantitative estimate of drug-likeness (QED) is 0.698. The molecule has 2 rings (SSSR count). The van der Waals surface area contributed by atoms with Crippen molar-refractivity contribution in [2.24, 2.45) is 0 Å². The Labute approximate surface area is 126 Å². The minimum Gasteiger partial charge on any atom is -0.396 e. The molecule has 0 aliphatic rings. The lowest BCUT2D eigenvalue weighted by molar-refractivity contribution is 0.282. The highest BCUT2D eigenvalue weighted by Crippen LogP contribution is 2.27. The monoisotopic (exact) mass is 286 g/mol. The Hall–Kier alpha value is -1.67. The van der Waals surface area contributed by atoms with E-state index in [2.05, 4.69) is 19.1 Å². The van der Waals surface area contributed by atoms with E-state index in [9.17, 15) is 4.39 Å². The number of hydrogen-bond acceptors (Lipinski definition) is 1. The zero-order valence-electron chi connectivity index (χ0n) is 12.6. The highest BCUT2D eigenvalue weighted by atomic mass is 19.1. The molecule has 0 radical (unpaired) electrons. The molecule has 0 heterocycles. The van der Waals surface area contributed by atoms with Crippen molar-refractivity contribution in [3.63, 3.8) is 0 Å². The molecule has 0 saturated heterocycles. The third-order valence-electron chi connectivity index (χ3n) is 3.96. The van der Waals surface area contributed by atoms with Gasteiger partial charge in [0.05, 0.1) is 0 Å². The summed E-state index contributed by atoms with van der Waals surface area (Å²) in [7, 11) is 0. The molecule has 1 N–H and O–H groups in total. The Kier molecular flexibility index (Phi) is 5.94. The maximum Gasteiger partial charge on any atom is 0.131 e. The molecule has 0 aromatic heterocycles. The van der Waals surface area contributed by atoms with Gasteiger partial charge in [-0.3, -0.25) is 0 Å². The Morgan fingerprint density at radius 3 is 2.33 bits per heavy atom. The fourth-order valence-corrected chi connectivity index (χ4v) is 2.59. The van der Waals surface area contributed by atoms with Gasteiger partial charge in [0.25, 0.3) is 0 Å². The zero-order chi connectivity index (χ0) is 15.1. The summed E-state index contributed by atoms with van der Waals surface area (Å²) in [4.78, 5) is 0. The van der Waals surface area contributed by atoms with Gasteiger partial charge < -0.3 is 5.11 Å². The molecule has 0 aliphatic carbocycles. The Bertz CT molecular complexity index is 548. The van der Waals surface area contributed by atoms with E-state index in [1.807, 2.05) is 24.3 Å². The molecule has 0 bridgehead atoms. The van der Waals surface area contributed by atoms with Gasteiger partial charge in [0.1, 0.15) is 5.82 Å². The van der Waals surface area contributed by atoms with Crippen molar-refractivity contribution in [3.8, 4) is 11.1 Å². The van der Waals surface area contributed by atoms with Crippen LogP contribution in [0.4, 0.5) is 4.39 Å². The topological polar surface area (TPSA) is 20.2 Å². The smallest absolute Gasteiger partial charge is 0.131 e. The molecule has 112 valence electrons. The molecular formula is C19H23FO. The van der Waals surface area contributed by atoms with Crippen LogP contribution in [0.15, 0.2) is 48.5 Å². The summed E-state index contributed by atoms with van der Waals surface area (Å²) >= 11 is 0. The summed E-state index contributed by atoms with van der Waals surface area (Å²) < 4.78 is 13.8. The second kappa shape index (κ2) is 7.94. The zero-order valence-corrected chi connectivity index (χ0v) is 12.6. The van der Waals surface area contributed by atoms with Crippen LogP contribution < -0.4 is 0 Å². The van der Waals surface area contributed by atoms with Crippen molar-refractivity contribution in [3.05, 3.63) is 59.9 Å². The minimum atomic E-state index is -0.178. The van der Waals surface area contributed by atoms with Crippen LogP contribution in [-0.2, 0) is 0 Å². The van der Waals surface area contributed by atoms with Gasteiger partial charge >= 0.3 is 0 Å². The van der Waals surface area contributed by atoms with Crippen LogP contribution in [0.1, 0.15) is 44.1 Å². The van der Waals surface area contributed by atoms with E-state index in [1.54, 1.807) is 6.07 Å². The van der Waals surface area contributed by atoms with Gasteiger partial charge in [-0.15, -0.1) is 0 Å². The first-order valence-corrected chi connectivity index (χ1v) is 7.68. The summed E-state index contributed by atoms with van der Waals surface area (Å²) in [6, 6.07) is 15.1. The van der Waals surface area contributed by atoms with Gasteiger partial charge in [0, 0.05) is 12.2 Å². The van der Waals surface area contributed by atoms with E-state index in [1.165, 1.54) is 11.6 Å². The maximum atomic E-state index is 13.8. The number of aliphatic hydroxyl groups is 1. The predicted molar refractivity (Wildman–Crippen MR) is 85.8 cm³/mol. The van der Waals surface area contributed by atoms with E-state index in [-0.39, 0.29) is 12.4 Å². The molecule has 2 heteroatoms. The normalized spacial score (nSPS) is 12.3. The highest BCUT2D eigenvalue weighted by Gasteiger charge is 2.07. The molecule has 2 aromatic carbocycles. The Balaban J connectivity index is 2.00. The van der Waals surface area contributed by atoms with Crippen LogP contribution >= 0.6 is 0 Å². The SMILES string of the molecule is CC(CCCCCO)c1ccc(-c2ccccc2F)cc1. The lowest BCUT2D eigenvalue weighted by Gasteiger charge is -2.12. The van der Waals surface area contributed by atoms with Crippen LogP contribution in [-0.4, -0.2) is 11.7 Å². The number of hydrogen-bond donors (Lipinski definition) is 1. The van der Waals surface area contributed by atoms with Crippen molar-refractivity contribution in [2.45, 2.75) is 38.5 Å². The van der Waals surface area contributed by atoms with Crippen molar-refractivity contribution >= 4 is 0 Å². The molecule has 2 aromatic rings. The molecule has 0 fully saturated rings. The number of rotatable bonds is 7. The molecule has 0 spiro atoms. The van der Waals surface area contributed by atoms with Crippen LogP contribution in [0.2, 0.25) is 0 Å². The lowest BCUT2D eigenvalue weighted by atomic mass is 9.93. The number of unbranched alkanes of at least 4 members (excludes halogenated alkanes) is 2. The molecule has 1 unspecified atom stereocenters. The first-order chi connectivity index (χ1) is 10.2. The predicted octanol–water partition coefficient (Wildman–Crippen LogP) is 5.15. The van der Waals surface area contributed by atoms with E-state index in [0.29, 0.717) is 11.5 Å². The third-order valence-corrected chi connectivity index (χ3v) is 3.96. The largest absolute Gasteiger partial charge is 0.396 e. The standard InChI is InChI=1S/C19H23FO/c1-15(7-3-2-6-14-21)16-10-12-17(13-11-16)18-8-4-5-9-19(18)20/h4-5,8-13,15,21H,2-3,6-7,14H2,1H3. The fourth-order valence-electron chi connectivity index (χ4n) is 2.59. The van der Waals surface area contributed by atoms with Crippen molar-refractivity contribution < 1.29 is 9.50 Å². The second-order valence-electron chi connectivity index (χ2n) is 5.58. The molecule has 1 nitrogen and oxygen atoms in total. The molecule has 1 atom stereocenters. The van der Waals surface area contributed by atoms with E-state index < -0.39 is 0 Å². The maximum absolute atomic E-state index is 13.8. The summed E-state index contributed by atoms with van der Waals surface area (Å²) in [5.41, 5.74) is 2.86. The van der Waals surface area contributed by atoms with E-state index in [4.69, 9.17) is 5.11 Å². The highest BCUT2D eigenvalue weighted by molar-refractivity contribution is 5.64. The first kappa shape index (κ1) is 15.7. The third kappa shape index (κ3) is 4.40. The average molecular weight is 286 g/mol. The Morgan fingerprint density at radius 2 is 1.67 bits per heavy atom. The van der Waals surface area contributed by atoms with Crippen molar-refractivity contribution in [1.29, 1.82) is 0 Å².